The Hall–Kier alpha value is -3.98. The minimum Gasteiger partial charge on any atom is -0.497 e. The van der Waals surface area contributed by atoms with E-state index >= 15 is 0 Å². The Morgan fingerprint density at radius 1 is 1.11 bits per heavy atom. The monoisotopic (exact) mass is 530 g/mol. The number of carbonyl (C=O) groups excluding carboxylic acids is 2. The molecule has 0 saturated heterocycles. The molecule has 7 nitrogen and oxygen atoms in total. The number of ether oxygens (including phenoxy) is 1. The third-order valence-corrected chi connectivity index (χ3v) is 7.69. The van der Waals surface area contributed by atoms with Gasteiger partial charge in [0.25, 0.3) is 5.91 Å². The molecule has 0 radical (unpaired) electrons. The fourth-order valence-electron chi connectivity index (χ4n) is 4.35. The van der Waals surface area contributed by atoms with Crippen molar-refractivity contribution in [3.63, 3.8) is 0 Å². The number of nitrogens with one attached hydrogen (secondary N) is 1. The molecule has 0 fully saturated rings. The van der Waals surface area contributed by atoms with Crippen LogP contribution in [0, 0.1) is 19.7 Å². The SMILES string of the molecule is COc1ccc([C@@H]2CC(c3ccc(C)cc3)=NN2C2=NC(=O)[C@H](CC(=O)Nc3ccc(C)c(F)c3)S2)cc1. The predicted octanol–water partition coefficient (Wildman–Crippen LogP) is 5.63. The Kier molecular flexibility index (Phi) is 7.28. The van der Waals surface area contributed by atoms with Crippen molar-refractivity contribution in [1.82, 2.24) is 5.01 Å². The summed E-state index contributed by atoms with van der Waals surface area (Å²) < 4.78 is 19.2. The number of aryl methyl sites for hydroxylation is 2. The maximum absolute atomic E-state index is 13.9. The molecule has 0 bridgehead atoms. The van der Waals surface area contributed by atoms with Crippen LogP contribution >= 0.6 is 11.8 Å². The highest BCUT2D eigenvalue weighted by molar-refractivity contribution is 8.15. The molecule has 194 valence electrons. The van der Waals surface area contributed by atoms with Crippen molar-refractivity contribution < 1.29 is 18.7 Å². The highest BCUT2D eigenvalue weighted by Crippen LogP contribution is 2.39. The summed E-state index contributed by atoms with van der Waals surface area (Å²) in [5, 5.41) is 9.10. The van der Waals surface area contributed by atoms with E-state index < -0.39 is 11.1 Å². The van der Waals surface area contributed by atoms with Crippen molar-refractivity contribution in [2.24, 2.45) is 10.1 Å². The maximum Gasteiger partial charge on any atom is 0.262 e. The second-order valence-corrected chi connectivity index (χ2v) is 10.5. The zero-order chi connectivity index (χ0) is 26.8. The molecular formula is C29H27FN4O3S. The molecule has 0 unspecified atom stereocenters. The summed E-state index contributed by atoms with van der Waals surface area (Å²) >= 11 is 1.23. The van der Waals surface area contributed by atoms with Gasteiger partial charge in [-0.3, -0.25) is 9.59 Å². The quantitative estimate of drug-likeness (QED) is 0.447. The van der Waals surface area contributed by atoms with Crippen molar-refractivity contribution in [2.45, 2.75) is 38.0 Å². The van der Waals surface area contributed by atoms with Gasteiger partial charge in [-0.25, -0.2) is 9.40 Å². The summed E-state index contributed by atoms with van der Waals surface area (Å²) in [6, 6.07) is 20.3. The van der Waals surface area contributed by atoms with Gasteiger partial charge in [-0.05, 0) is 54.8 Å². The standard InChI is InChI=1S/C29H27FN4O3S/c1-17-4-7-19(8-5-17)24-15-25(20-9-12-22(37-3)13-10-20)34(33-24)29-32-28(36)26(38-29)16-27(35)31-21-11-6-18(2)23(30)14-21/h4-14,25-26H,15-16H2,1-3H3,(H,31,35)/t25-,26-/m0/s1. The minimum atomic E-state index is -0.685. The van der Waals surface area contributed by atoms with Gasteiger partial charge in [0.2, 0.25) is 5.91 Å². The van der Waals surface area contributed by atoms with Gasteiger partial charge < -0.3 is 10.1 Å². The first-order valence-electron chi connectivity index (χ1n) is 12.2. The van der Waals surface area contributed by atoms with Gasteiger partial charge in [0, 0.05) is 18.5 Å². The van der Waals surface area contributed by atoms with Gasteiger partial charge in [-0.15, -0.1) is 0 Å². The lowest BCUT2D eigenvalue weighted by Gasteiger charge is -2.23. The number of rotatable bonds is 6. The van der Waals surface area contributed by atoms with Gasteiger partial charge in [-0.1, -0.05) is 59.8 Å². The van der Waals surface area contributed by atoms with E-state index in [-0.39, 0.29) is 24.3 Å². The lowest BCUT2D eigenvalue weighted by atomic mass is 9.98. The topological polar surface area (TPSA) is 83.4 Å². The number of benzene rings is 3. The van der Waals surface area contributed by atoms with Crippen LogP contribution in [0.25, 0.3) is 0 Å². The lowest BCUT2D eigenvalue weighted by molar-refractivity contribution is -0.121. The number of amidine groups is 1. The second kappa shape index (κ2) is 10.8. The molecule has 0 saturated carbocycles. The van der Waals surface area contributed by atoms with Gasteiger partial charge in [0.1, 0.15) is 16.8 Å². The third-order valence-electron chi connectivity index (χ3n) is 6.55. The van der Waals surface area contributed by atoms with E-state index in [4.69, 9.17) is 9.84 Å². The summed E-state index contributed by atoms with van der Waals surface area (Å²) in [5.41, 5.74) is 4.91. The van der Waals surface area contributed by atoms with Crippen LogP contribution in [0.2, 0.25) is 0 Å². The number of hydrazone groups is 1. The smallest absolute Gasteiger partial charge is 0.262 e. The second-order valence-electron chi connectivity index (χ2n) is 9.31. The lowest BCUT2D eigenvalue weighted by Crippen LogP contribution is -2.25. The molecule has 2 aliphatic heterocycles. The number of hydrogen-bond acceptors (Lipinski definition) is 6. The molecule has 5 rings (SSSR count). The molecule has 0 aromatic heterocycles. The largest absolute Gasteiger partial charge is 0.497 e. The number of nitrogens with zero attached hydrogens (tertiary/aromatic N) is 3. The Bertz CT molecular complexity index is 1440. The van der Waals surface area contributed by atoms with Crippen LogP contribution in [0.15, 0.2) is 76.8 Å². The molecular weight excluding hydrogens is 503 g/mol. The average molecular weight is 531 g/mol. The van der Waals surface area contributed by atoms with Gasteiger partial charge in [0.05, 0.1) is 18.9 Å². The van der Waals surface area contributed by atoms with E-state index in [0.29, 0.717) is 22.8 Å². The number of anilines is 1. The van der Waals surface area contributed by atoms with E-state index in [1.54, 1.807) is 31.2 Å². The first kappa shape index (κ1) is 25.7. The number of methoxy groups -OCH3 is 1. The predicted molar refractivity (Wildman–Crippen MR) is 148 cm³/mol. The molecule has 9 heteroatoms. The van der Waals surface area contributed by atoms with Crippen LogP contribution in [-0.2, 0) is 9.59 Å². The van der Waals surface area contributed by atoms with E-state index in [9.17, 15) is 14.0 Å². The van der Waals surface area contributed by atoms with Gasteiger partial charge >= 0.3 is 0 Å². The van der Waals surface area contributed by atoms with Crippen molar-refractivity contribution >= 4 is 40.1 Å². The zero-order valence-electron chi connectivity index (χ0n) is 21.3. The Balaban J connectivity index is 1.34. The van der Waals surface area contributed by atoms with Crippen LogP contribution in [0.5, 0.6) is 5.75 Å². The zero-order valence-corrected chi connectivity index (χ0v) is 22.1. The number of hydrogen-bond donors (Lipinski definition) is 1. The molecule has 0 aliphatic carbocycles. The Morgan fingerprint density at radius 3 is 2.53 bits per heavy atom. The van der Waals surface area contributed by atoms with Gasteiger partial charge in [0.15, 0.2) is 5.17 Å². The summed E-state index contributed by atoms with van der Waals surface area (Å²) in [7, 11) is 1.62. The molecule has 3 aromatic rings. The minimum absolute atomic E-state index is 0.0818. The van der Waals surface area contributed by atoms with Crippen LogP contribution in [0.3, 0.4) is 0 Å². The molecule has 2 aliphatic rings. The van der Waals surface area contributed by atoms with Crippen LogP contribution < -0.4 is 10.1 Å². The van der Waals surface area contributed by atoms with E-state index in [0.717, 1.165) is 28.2 Å². The average Bonchev–Trinajstić information content (AvgIpc) is 3.50. The normalized spacial score (nSPS) is 18.8. The van der Waals surface area contributed by atoms with Gasteiger partial charge in [-0.2, -0.15) is 10.1 Å². The molecule has 3 aromatic carbocycles. The number of aliphatic imine (C=N–C) groups is 1. The van der Waals surface area contributed by atoms with E-state index in [2.05, 4.69) is 10.3 Å². The fourth-order valence-corrected chi connectivity index (χ4v) is 5.41. The van der Waals surface area contributed by atoms with Crippen molar-refractivity contribution in [3.05, 3.63) is 94.8 Å². The molecule has 1 N–H and O–H groups in total. The van der Waals surface area contributed by atoms with Crippen LogP contribution in [0.1, 0.15) is 41.1 Å². The Morgan fingerprint density at radius 2 is 1.84 bits per heavy atom. The summed E-state index contributed by atoms with van der Waals surface area (Å²) in [6.45, 7) is 3.69. The molecule has 2 heterocycles. The molecule has 0 spiro atoms. The Labute approximate surface area is 224 Å². The number of thioether (sulfide) groups is 1. The first-order chi connectivity index (χ1) is 18.3. The van der Waals surface area contributed by atoms with Crippen molar-refractivity contribution in [1.29, 1.82) is 0 Å². The van der Waals surface area contributed by atoms with Crippen LogP contribution in [0.4, 0.5) is 10.1 Å². The highest BCUT2D eigenvalue weighted by atomic mass is 32.2. The summed E-state index contributed by atoms with van der Waals surface area (Å²) in [5.74, 6) is -0.420. The van der Waals surface area contributed by atoms with Crippen LogP contribution in [-0.4, -0.2) is 40.1 Å². The van der Waals surface area contributed by atoms with E-state index in [1.807, 2.05) is 55.5 Å². The molecule has 2 amide bonds. The first-order valence-corrected chi connectivity index (χ1v) is 13.1. The summed E-state index contributed by atoms with van der Waals surface area (Å²) in [4.78, 5) is 29.7. The molecule has 2 atom stereocenters. The summed E-state index contributed by atoms with van der Waals surface area (Å²) in [6.07, 6.45) is 0.550. The number of halogens is 1. The number of carbonyl (C=O) groups is 2. The van der Waals surface area contributed by atoms with Crippen molar-refractivity contribution in [3.8, 4) is 5.75 Å². The highest BCUT2D eigenvalue weighted by Gasteiger charge is 2.39. The third kappa shape index (κ3) is 5.47. The number of amides is 2. The maximum atomic E-state index is 13.9. The van der Waals surface area contributed by atoms with Crippen molar-refractivity contribution in [2.75, 3.05) is 12.4 Å². The van der Waals surface area contributed by atoms with E-state index in [1.165, 1.54) is 17.8 Å². The molecule has 38 heavy (non-hydrogen) atoms. The fraction of sp³-hybridized carbons (Fsp3) is 0.241.